The van der Waals surface area contributed by atoms with Crippen molar-refractivity contribution >= 4 is 60.8 Å². The smallest absolute Gasteiger partial charge is 0.143 e. The van der Waals surface area contributed by atoms with Crippen LogP contribution < -0.4 is 4.90 Å². The van der Waals surface area contributed by atoms with Crippen molar-refractivity contribution in [3.05, 3.63) is 217 Å². The summed E-state index contributed by atoms with van der Waals surface area (Å²) in [6, 6.07) is 74.8. The molecule has 0 N–H and O–H groups in total. The van der Waals surface area contributed by atoms with Crippen molar-refractivity contribution in [3.63, 3.8) is 0 Å². The summed E-state index contributed by atoms with van der Waals surface area (Å²) in [6.07, 6.45) is 0. The van der Waals surface area contributed by atoms with E-state index >= 15 is 0 Å². The highest BCUT2D eigenvalue weighted by atomic mass is 16.3. The fraction of sp³-hybridized carbons (Fsp3) is 0.0526. The second-order valence-corrected chi connectivity index (χ2v) is 16.5. The molecule has 12 rings (SSSR count). The molecule has 0 amide bonds. The number of hydrogen-bond donors (Lipinski definition) is 0. The van der Waals surface area contributed by atoms with Gasteiger partial charge in [-0.2, -0.15) is 0 Å². The molecule has 1 aliphatic rings. The van der Waals surface area contributed by atoms with Gasteiger partial charge in [0.25, 0.3) is 0 Å². The molecule has 0 radical (unpaired) electrons. The van der Waals surface area contributed by atoms with Gasteiger partial charge < -0.3 is 13.9 Å². The predicted molar refractivity (Wildman–Crippen MR) is 251 cm³/mol. The summed E-state index contributed by atoms with van der Waals surface area (Å²) in [7, 11) is 0. The van der Waals surface area contributed by atoms with Crippen molar-refractivity contribution < 1.29 is 4.42 Å². The van der Waals surface area contributed by atoms with Crippen LogP contribution in [0.4, 0.5) is 17.1 Å². The first-order valence-electron chi connectivity index (χ1n) is 20.8. The zero-order chi connectivity index (χ0) is 40.0. The molecule has 0 saturated heterocycles. The molecule has 284 valence electrons. The average molecular weight is 769 g/mol. The van der Waals surface area contributed by atoms with Gasteiger partial charge in [0.15, 0.2) is 0 Å². The largest absolute Gasteiger partial charge is 0.455 e. The van der Waals surface area contributed by atoms with Crippen LogP contribution in [0.2, 0.25) is 0 Å². The number of furan rings is 1. The van der Waals surface area contributed by atoms with Gasteiger partial charge in [-0.1, -0.05) is 153 Å². The summed E-state index contributed by atoms with van der Waals surface area (Å²) < 4.78 is 9.12. The van der Waals surface area contributed by atoms with Crippen molar-refractivity contribution in [1.82, 2.24) is 4.57 Å². The van der Waals surface area contributed by atoms with Crippen LogP contribution in [-0.2, 0) is 5.41 Å². The minimum atomic E-state index is -0.117. The third-order valence-electron chi connectivity index (χ3n) is 12.8. The maximum atomic E-state index is 6.72. The molecule has 2 heterocycles. The molecule has 3 heteroatoms. The van der Waals surface area contributed by atoms with E-state index in [0.717, 1.165) is 55.8 Å². The van der Waals surface area contributed by atoms with Crippen molar-refractivity contribution in [1.29, 1.82) is 0 Å². The normalized spacial score (nSPS) is 13.0. The quantitative estimate of drug-likeness (QED) is 0.168. The lowest BCUT2D eigenvalue weighted by atomic mass is 9.82. The van der Waals surface area contributed by atoms with Gasteiger partial charge in [-0.15, -0.1) is 0 Å². The van der Waals surface area contributed by atoms with Crippen LogP contribution >= 0.6 is 0 Å². The van der Waals surface area contributed by atoms with Crippen LogP contribution in [-0.4, -0.2) is 4.57 Å². The Kier molecular flexibility index (Phi) is 7.58. The fourth-order valence-electron chi connectivity index (χ4n) is 9.86. The zero-order valence-electron chi connectivity index (χ0n) is 33.4. The van der Waals surface area contributed by atoms with E-state index in [-0.39, 0.29) is 5.41 Å². The van der Waals surface area contributed by atoms with E-state index < -0.39 is 0 Å². The summed E-state index contributed by atoms with van der Waals surface area (Å²) >= 11 is 0. The first-order valence-corrected chi connectivity index (χ1v) is 20.8. The third-order valence-corrected chi connectivity index (χ3v) is 12.8. The summed E-state index contributed by atoms with van der Waals surface area (Å²) in [5.74, 6) is 0. The zero-order valence-corrected chi connectivity index (χ0v) is 33.4. The molecule has 0 bridgehead atoms. The molecule has 11 aromatic rings. The molecule has 0 saturated carbocycles. The van der Waals surface area contributed by atoms with Crippen LogP contribution in [0.25, 0.3) is 82.8 Å². The van der Waals surface area contributed by atoms with E-state index in [9.17, 15) is 0 Å². The number of fused-ring (bicyclic) bond motifs is 9. The first kappa shape index (κ1) is 34.4. The lowest BCUT2D eigenvalue weighted by molar-refractivity contribution is 0.660. The van der Waals surface area contributed by atoms with Crippen LogP contribution in [0.15, 0.2) is 211 Å². The van der Waals surface area contributed by atoms with Crippen molar-refractivity contribution in [3.8, 4) is 39.1 Å². The van der Waals surface area contributed by atoms with E-state index in [1.54, 1.807) is 0 Å². The van der Waals surface area contributed by atoms with Gasteiger partial charge in [0, 0.05) is 55.3 Å². The second-order valence-electron chi connectivity index (χ2n) is 16.5. The monoisotopic (exact) mass is 768 g/mol. The predicted octanol–water partition coefficient (Wildman–Crippen LogP) is 15.8. The third kappa shape index (κ3) is 5.22. The number of rotatable bonds is 6. The maximum Gasteiger partial charge on any atom is 0.143 e. The average Bonchev–Trinajstić information content (AvgIpc) is 3.92. The Morgan fingerprint density at radius 2 is 0.950 bits per heavy atom. The van der Waals surface area contributed by atoms with E-state index in [2.05, 4.69) is 224 Å². The van der Waals surface area contributed by atoms with Crippen LogP contribution in [0, 0.1) is 0 Å². The first-order chi connectivity index (χ1) is 29.5. The number of hydrogen-bond acceptors (Lipinski definition) is 2. The van der Waals surface area contributed by atoms with Crippen LogP contribution in [0.1, 0.15) is 25.0 Å². The summed E-state index contributed by atoms with van der Waals surface area (Å²) in [5, 5.41) is 4.70. The fourth-order valence-corrected chi connectivity index (χ4v) is 9.86. The number of aromatic nitrogens is 1. The highest BCUT2D eigenvalue weighted by molar-refractivity contribution is 6.13. The van der Waals surface area contributed by atoms with E-state index in [4.69, 9.17) is 4.42 Å². The lowest BCUT2D eigenvalue weighted by Crippen LogP contribution is -2.16. The van der Waals surface area contributed by atoms with E-state index in [1.165, 1.54) is 55.2 Å². The molecule has 0 spiro atoms. The minimum Gasteiger partial charge on any atom is -0.455 e. The number of anilines is 3. The van der Waals surface area contributed by atoms with E-state index in [1.807, 2.05) is 6.07 Å². The number of nitrogens with zero attached hydrogens (tertiary/aromatic N) is 2. The van der Waals surface area contributed by atoms with Crippen molar-refractivity contribution in [2.75, 3.05) is 4.90 Å². The van der Waals surface area contributed by atoms with Gasteiger partial charge in [-0.25, -0.2) is 0 Å². The molecule has 2 aromatic heterocycles. The van der Waals surface area contributed by atoms with E-state index in [0.29, 0.717) is 0 Å². The molecule has 0 unspecified atom stereocenters. The van der Waals surface area contributed by atoms with Gasteiger partial charge in [-0.05, 0) is 106 Å². The molecule has 9 aromatic carbocycles. The molecule has 1 aliphatic carbocycles. The summed E-state index contributed by atoms with van der Waals surface area (Å²) in [5.41, 5.74) is 18.3. The van der Waals surface area contributed by atoms with Crippen LogP contribution in [0.3, 0.4) is 0 Å². The Morgan fingerprint density at radius 3 is 1.67 bits per heavy atom. The summed E-state index contributed by atoms with van der Waals surface area (Å²) in [6.45, 7) is 4.70. The molecule has 0 aliphatic heterocycles. The number of para-hydroxylation sites is 3. The van der Waals surface area contributed by atoms with Gasteiger partial charge in [0.1, 0.15) is 11.2 Å². The molecule has 0 fully saturated rings. The highest BCUT2D eigenvalue weighted by Crippen LogP contribution is 2.51. The Morgan fingerprint density at radius 1 is 0.400 bits per heavy atom. The molecule has 3 nitrogen and oxygen atoms in total. The van der Waals surface area contributed by atoms with Crippen LogP contribution in [0.5, 0.6) is 0 Å². The van der Waals surface area contributed by atoms with Gasteiger partial charge in [0.2, 0.25) is 0 Å². The SMILES string of the molecule is CC1(C)c2ccccc2-c2ccc(N(c3ccc(-c4ccccc4)cc3)c3ccc(-c4cc(-n5c6ccccc6c6ccccc65)cc5c4oc4ccccc45)cc3)cc21. The Labute approximate surface area is 349 Å². The molecular formula is C57H40N2O. The minimum absolute atomic E-state index is 0.117. The van der Waals surface area contributed by atoms with Crippen molar-refractivity contribution in [2.24, 2.45) is 0 Å². The van der Waals surface area contributed by atoms with Gasteiger partial charge in [0.05, 0.1) is 11.0 Å². The molecular weight excluding hydrogens is 729 g/mol. The Bertz CT molecular complexity index is 3390. The molecule has 0 atom stereocenters. The van der Waals surface area contributed by atoms with Gasteiger partial charge in [-0.3, -0.25) is 0 Å². The molecule has 60 heavy (non-hydrogen) atoms. The number of benzene rings is 9. The van der Waals surface area contributed by atoms with Crippen molar-refractivity contribution in [2.45, 2.75) is 19.3 Å². The maximum absolute atomic E-state index is 6.72. The van der Waals surface area contributed by atoms with Gasteiger partial charge >= 0.3 is 0 Å². The topological polar surface area (TPSA) is 21.3 Å². The standard InChI is InChI=1S/C57H40N2O/c1-57(2)51-20-10-6-16-44(51)45-33-32-42(36-52(45)57)58(40-28-24-38(25-29-40)37-14-4-3-5-15-37)41-30-26-39(27-31-41)49-34-43(35-50-48-19-9-13-23-55(48)60-56(49)50)59-53-21-11-7-17-46(53)47-18-8-12-22-54(47)59/h3-36H,1-2H3. The highest BCUT2D eigenvalue weighted by Gasteiger charge is 2.35. The second kappa shape index (κ2) is 13.2. The lowest BCUT2D eigenvalue weighted by Gasteiger charge is -2.28. The Hall–Kier alpha value is -7.62. The Balaban J connectivity index is 1.02. The summed E-state index contributed by atoms with van der Waals surface area (Å²) in [4.78, 5) is 2.39.